The summed E-state index contributed by atoms with van der Waals surface area (Å²) in [7, 11) is 0. The van der Waals surface area contributed by atoms with Crippen LogP contribution in [-0.2, 0) is 13.0 Å². The average Bonchev–Trinajstić information content (AvgIpc) is 3.28. The molecule has 0 spiro atoms. The number of urea groups is 1. The fourth-order valence-corrected chi connectivity index (χ4v) is 3.60. The lowest BCUT2D eigenvalue weighted by Gasteiger charge is -2.31. The highest BCUT2D eigenvalue weighted by Crippen LogP contribution is 2.26. The van der Waals surface area contributed by atoms with Crippen molar-refractivity contribution in [3.63, 3.8) is 0 Å². The monoisotopic (exact) mass is 406 g/mol. The molecule has 2 aromatic carbocycles. The molecule has 4 rings (SSSR count). The highest BCUT2D eigenvalue weighted by atomic mass is 16.5. The van der Waals surface area contributed by atoms with Gasteiger partial charge < -0.3 is 19.5 Å². The Morgan fingerprint density at radius 2 is 2.10 bits per heavy atom. The molecule has 0 saturated carbocycles. The van der Waals surface area contributed by atoms with Crippen LogP contribution in [0.25, 0.3) is 0 Å². The van der Waals surface area contributed by atoms with Gasteiger partial charge in [0.15, 0.2) is 12.4 Å². The van der Waals surface area contributed by atoms with Gasteiger partial charge >= 0.3 is 6.03 Å². The lowest BCUT2D eigenvalue weighted by Crippen LogP contribution is -2.41. The van der Waals surface area contributed by atoms with Crippen LogP contribution in [0.3, 0.4) is 0 Å². The van der Waals surface area contributed by atoms with E-state index in [2.05, 4.69) is 28.4 Å². The molecule has 1 unspecified atom stereocenters. The number of piperidine rings is 1. The summed E-state index contributed by atoms with van der Waals surface area (Å²) in [5.41, 5.74) is 2.02. The number of likely N-dealkylation sites (tertiary alicyclic amines) is 1. The molecule has 156 valence electrons. The van der Waals surface area contributed by atoms with E-state index >= 15 is 0 Å². The molecule has 3 aromatic rings. The number of hydrogen-bond acceptors (Lipinski definition) is 5. The van der Waals surface area contributed by atoms with Crippen LogP contribution in [0, 0.1) is 0 Å². The molecule has 1 aromatic heterocycles. The topological polar surface area (TPSA) is 80.5 Å². The lowest BCUT2D eigenvalue weighted by atomic mass is 9.97. The van der Waals surface area contributed by atoms with Crippen LogP contribution in [0.2, 0.25) is 0 Å². The Kier molecular flexibility index (Phi) is 6.27. The van der Waals surface area contributed by atoms with Gasteiger partial charge in [-0.25, -0.2) is 4.79 Å². The van der Waals surface area contributed by atoms with Crippen LogP contribution in [-0.4, -0.2) is 34.2 Å². The largest absolute Gasteiger partial charge is 0.484 e. The van der Waals surface area contributed by atoms with Crippen molar-refractivity contribution in [2.45, 2.75) is 38.7 Å². The Labute approximate surface area is 176 Å². The summed E-state index contributed by atoms with van der Waals surface area (Å²) in [6.07, 6.45) is 2.76. The van der Waals surface area contributed by atoms with Crippen LogP contribution in [0.4, 0.5) is 10.5 Å². The zero-order chi connectivity index (χ0) is 20.8. The lowest BCUT2D eigenvalue weighted by molar-refractivity contribution is 0.190. The van der Waals surface area contributed by atoms with Crippen molar-refractivity contribution in [1.29, 1.82) is 0 Å². The van der Waals surface area contributed by atoms with E-state index in [0.29, 0.717) is 18.3 Å². The zero-order valence-corrected chi connectivity index (χ0v) is 17.1. The number of nitrogens with zero attached hydrogens (tertiary/aromatic N) is 3. The molecule has 1 aliphatic heterocycles. The van der Waals surface area contributed by atoms with E-state index in [-0.39, 0.29) is 18.6 Å². The SMILES string of the molecule is CCc1cccc(NC(=O)N2CCCC(c3noc(COc4ccccc4)n3)C2)c1. The minimum atomic E-state index is -0.0934. The number of aryl methyl sites for hydroxylation is 1. The zero-order valence-electron chi connectivity index (χ0n) is 17.1. The molecule has 1 N–H and O–H groups in total. The fourth-order valence-electron chi connectivity index (χ4n) is 3.60. The van der Waals surface area contributed by atoms with Gasteiger partial charge in [-0.1, -0.05) is 42.4 Å². The molecule has 7 heteroatoms. The summed E-state index contributed by atoms with van der Waals surface area (Å²) in [5.74, 6) is 1.88. The van der Waals surface area contributed by atoms with Gasteiger partial charge in [0.1, 0.15) is 5.75 Å². The van der Waals surface area contributed by atoms with E-state index in [1.807, 2.05) is 53.4 Å². The number of carbonyl (C=O) groups excluding carboxylic acids is 1. The summed E-state index contributed by atoms with van der Waals surface area (Å²) in [4.78, 5) is 19.1. The van der Waals surface area contributed by atoms with Gasteiger partial charge in [0.25, 0.3) is 5.89 Å². The van der Waals surface area contributed by atoms with Gasteiger partial charge in [-0.2, -0.15) is 4.98 Å². The smallest absolute Gasteiger partial charge is 0.321 e. The number of ether oxygens (including phenoxy) is 1. The van der Waals surface area contributed by atoms with Crippen molar-refractivity contribution in [2.75, 3.05) is 18.4 Å². The van der Waals surface area contributed by atoms with E-state index < -0.39 is 0 Å². The highest BCUT2D eigenvalue weighted by molar-refractivity contribution is 5.89. The molecule has 7 nitrogen and oxygen atoms in total. The Balaban J connectivity index is 1.34. The summed E-state index contributed by atoms with van der Waals surface area (Å²) < 4.78 is 11.0. The molecule has 1 fully saturated rings. The summed E-state index contributed by atoms with van der Waals surface area (Å²) in [5, 5.41) is 7.13. The molecule has 30 heavy (non-hydrogen) atoms. The molecule has 2 heterocycles. The molecular weight excluding hydrogens is 380 g/mol. The minimum Gasteiger partial charge on any atom is -0.484 e. The molecule has 1 aliphatic rings. The second-order valence-electron chi connectivity index (χ2n) is 7.42. The molecule has 1 saturated heterocycles. The standard InChI is InChI=1S/C23H26N4O3/c1-2-17-8-6-10-19(14-17)24-23(28)27-13-7-9-18(15-27)22-25-21(30-26-22)16-29-20-11-4-3-5-12-20/h3-6,8,10-12,14,18H,2,7,9,13,15-16H2,1H3,(H,24,28). The molecule has 0 radical (unpaired) electrons. The summed E-state index contributed by atoms with van der Waals surface area (Å²) >= 11 is 0. The first-order chi connectivity index (χ1) is 14.7. The predicted molar refractivity (Wildman–Crippen MR) is 113 cm³/mol. The minimum absolute atomic E-state index is 0.0562. The Bertz CT molecular complexity index is 973. The third-order valence-electron chi connectivity index (χ3n) is 5.25. The molecule has 0 bridgehead atoms. The number of nitrogens with one attached hydrogen (secondary N) is 1. The Morgan fingerprint density at radius 3 is 2.93 bits per heavy atom. The van der Waals surface area contributed by atoms with Gasteiger partial charge in [-0.05, 0) is 49.1 Å². The van der Waals surface area contributed by atoms with Crippen molar-refractivity contribution < 1.29 is 14.1 Å². The normalized spacial score (nSPS) is 16.3. The van der Waals surface area contributed by atoms with Gasteiger partial charge in [-0.3, -0.25) is 0 Å². The first-order valence-corrected chi connectivity index (χ1v) is 10.4. The number of hydrogen-bond donors (Lipinski definition) is 1. The number of anilines is 1. The van der Waals surface area contributed by atoms with Gasteiger partial charge in [0, 0.05) is 24.7 Å². The Morgan fingerprint density at radius 1 is 1.23 bits per heavy atom. The molecule has 1 atom stereocenters. The van der Waals surface area contributed by atoms with Crippen molar-refractivity contribution >= 4 is 11.7 Å². The van der Waals surface area contributed by atoms with Gasteiger partial charge in [-0.15, -0.1) is 0 Å². The van der Waals surface area contributed by atoms with Crippen molar-refractivity contribution in [2.24, 2.45) is 0 Å². The second kappa shape index (κ2) is 9.43. The maximum Gasteiger partial charge on any atom is 0.321 e. The van der Waals surface area contributed by atoms with Crippen LogP contribution < -0.4 is 10.1 Å². The van der Waals surface area contributed by atoms with Crippen molar-refractivity contribution in [3.05, 3.63) is 71.9 Å². The van der Waals surface area contributed by atoms with Crippen LogP contribution >= 0.6 is 0 Å². The quantitative estimate of drug-likeness (QED) is 0.646. The van der Waals surface area contributed by atoms with E-state index in [1.54, 1.807) is 0 Å². The van der Waals surface area contributed by atoms with E-state index in [4.69, 9.17) is 9.26 Å². The number of aromatic nitrogens is 2. The predicted octanol–water partition coefficient (Wildman–Crippen LogP) is 4.62. The second-order valence-corrected chi connectivity index (χ2v) is 7.42. The van der Waals surface area contributed by atoms with E-state index in [1.165, 1.54) is 5.56 Å². The maximum atomic E-state index is 12.7. The first-order valence-electron chi connectivity index (χ1n) is 10.4. The third-order valence-corrected chi connectivity index (χ3v) is 5.25. The van der Waals surface area contributed by atoms with Crippen LogP contribution in [0.1, 0.15) is 43.0 Å². The molecule has 0 aliphatic carbocycles. The Hall–Kier alpha value is -3.35. The fraction of sp³-hybridized carbons (Fsp3) is 0.348. The maximum absolute atomic E-state index is 12.7. The number of para-hydroxylation sites is 1. The number of amides is 2. The average molecular weight is 406 g/mol. The molecule has 2 amide bonds. The van der Waals surface area contributed by atoms with E-state index in [0.717, 1.165) is 37.2 Å². The van der Waals surface area contributed by atoms with Crippen molar-refractivity contribution in [1.82, 2.24) is 15.0 Å². The number of benzene rings is 2. The number of rotatable bonds is 6. The molecular formula is C23H26N4O3. The van der Waals surface area contributed by atoms with Crippen LogP contribution in [0.15, 0.2) is 59.1 Å². The van der Waals surface area contributed by atoms with Crippen molar-refractivity contribution in [3.8, 4) is 5.75 Å². The van der Waals surface area contributed by atoms with Gasteiger partial charge in [0.2, 0.25) is 0 Å². The highest BCUT2D eigenvalue weighted by Gasteiger charge is 2.28. The summed E-state index contributed by atoms with van der Waals surface area (Å²) in [6.45, 7) is 3.61. The van der Waals surface area contributed by atoms with E-state index in [9.17, 15) is 4.79 Å². The van der Waals surface area contributed by atoms with Crippen LogP contribution in [0.5, 0.6) is 5.75 Å². The third kappa shape index (κ3) is 4.97. The van der Waals surface area contributed by atoms with Gasteiger partial charge in [0.05, 0.1) is 0 Å². The summed E-state index contributed by atoms with van der Waals surface area (Å²) in [6, 6.07) is 17.4. The number of carbonyl (C=O) groups is 1. The first kappa shape index (κ1) is 19.9.